The molecule has 1 saturated carbocycles. The van der Waals surface area contributed by atoms with Crippen LogP contribution in [-0.4, -0.2) is 11.7 Å². The van der Waals surface area contributed by atoms with Gasteiger partial charge >= 0.3 is 0 Å². The average molecular weight is 215 g/mol. The van der Waals surface area contributed by atoms with Crippen LogP contribution in [-0.2, 0) is 11.2 Å². The van der Waals surface area contributed by atoms with Gasteiger partial charge in [-0.15, -0.1) is 0 Å². The first-order valence-electron chi connectivity index (χ1n) is 5.68. The molecular formula is C13H13NO2. The van der Waals surface area contributed by atoms with Crippen molar-refractivity contribution in [2.45, 2.75) is 25.7 Å². The van der Waals surface area contributed by atoms with Crippen LogP contribution in [0.5, 0.6) is 0 Å². The molecule has 0 saturated heterocycles. The van der Waals surface area contributed by atoms with E-state index >= 15 is 0 Å². The Hall–Kier alpha value is -1.64. The molecule has 2 aliphatic rings. The van der Waals surface area contributed by atoms with Crippen molar-refractivity contribution in [3.8, 4) is 0 Å². The van der Waals surface area contributed by atoms with Gasteiger partial charge in [0, 0.05) is 17.7 Å². The lowest BCUT2D eigenvalue weighted by molar-refractivity contribution is -0.115. The fourth-order valence-electron chi connectivity index (χ4n) is 2.10. The van der Waals surface area contributed by atoms with Crippen molar-refractivity contribution in [3.05, 3.63) is 29.3 Å². The molecule has 1 heterocycles. The maximum atomic E-state index is 11.9. The van der Waals surface area contributed by atoms with Gasteiger partial charge < -0.3 is 5.32 Å². The third-order valence-electron chi connectivity index (χ3n) is 3.22. The van der Waals surface area contributed by atoms with Gasteiger partial charge in [0.25, 0.3) is 0 Å². The Morgan fingerprint density at radius 2 is 2.19 bits per heavy atom. The molecule has 1 aromatic rings. The van der Waals surface area contributed by atoms with E-state index in [-0.39, 0.29) is 11.7 Å². The second kappa shape index (κ2) is 3.44. The maximum Gasteiger partial charge on any atom is 0.228 e. The molecule has 0 aromatic heterocycles. The zero-order valence-electron chi connectivity index (χ0n) is 8.95. The van der Waals surface area contributed by atoms with E-state index in [1.165, 1.54) is 12.8 Å². The minimum Gasteiger partial charge on any atom is -0.326 e. The zero-order chi connectivity index (χ0) is 11.1. The normalized spacial score (nSPS) is 18.1. The summed E-state index contributed by atoms with van der Waals surface area (Å²) in [5, 5.41) is 2.77. The standard InChI is InChI=1S/C13H13NO2/c15-12(5-8-1-2-8)9-3-4-11-10(6-9)7-13(16)14-11/h3-4,6,8H,1-2,5,7H2,(H,14,16). The van der Waals surface area contributed by atoms with Gasteiger partial charge in [0.05, 0.1) is 6.42 Å². The third kappa shape index (κ3) is 1.73. The van der Waals surface area contributed by atoms with Crippen molar-refractivity contribution >= 4 is 17.4 Å². The summed E-state index contributed by atoms with van der Waals surface area (Å²) >= 11 is 0. The Morgan fingerprint density at radius 3 is 2.94 bits per heavy atom. The molecule has 0 unspecified atom stereocenters. The van der Waals surface area contributed by atoms with E-state index in [4.69, 9.17) is 0 Å². The van der Waals surface area contributed by atoms with Gasteiger partial charge in [-0.05, 0) is 42.5 Å². The SMILES string of the molecule is O=C1Cc2cc(C(=O)CC3CC3)ccc2N1. The quantitative estimate of drug-likeness (QED) is 0.785. The number of rotatable bonds is 3. The predicted octanol–water partition coefficient (Wildman–Crippen LogP) is 2.16. The van der Waals surface area contributed by atoms with Crippen LogP contribution < -0.4 is 5.32 Å². The summed E-state index contributed by atoms with van der Waals surface area (Å²) in [6, 6.07) is 5.51. The summed E-state index contributed by atoms with van der Waals surface area (Å²) in [6.45, 7) is 0. The monoisotopic (exact) mass is 215 g/mol. The van der Waals surface area contributed by atoms with E-state index in [1.54, 1.807) is 0 Å². The minimum absolute atomic E-state index is 0.0155. The molecule has 1 fully saturated rings. The van der Waals surface area contributed by atoms with Crippen LogP contribution in [0, 0.1) is 5.92 Å². The summed E-state index contributed by atoms with van der Waals surface area (Å²) < 4.78 is 0. The number of hydrogen-bond donors (Lipinski definition) is 1. The molecule has 1 aromatic carbocycles. The molecule has 0 atom stereocenters. The van der Waals surface area contributed by atoms with Crippen LogP contribution in [0.2, 0.25) is 0 Å². The van der Waals surface area contributed by atoms with E-state index in [1.807, 2.05) is 18.2 Å². The van der Waals surface area contributed by atoms with E-state index in [0.717, 1.165) is 16.8 Å². The number of amides is 1. The van der Waals surface area contributed by atoms with Crippen molar-refractivity contribution in [1.29, 1.82) is 0 Å². The molecular weight excluding hydrogens is 202 g/mol. The minimum atomic E-state index is 0.0155. The first-order valence-corrected chi connectivity index (χ1v) is 5.68. The first-order chi connectivity index (χ1) is 7.72. The van der Waals surface area contributed by atoms with Gasteiger partial charge in [0.2, 0.25) is 5.91 Å². The zero-order valence-corrected chi connectivity index (χ0v) is 8.95. The number of hydrogen-bond acceptors (Lipinski definition) is 2. The third-order valence-corrected chi connectivity index (χ3v) is 3.22. The van der Waals surface area contributed by atoms with E-state index in [9.17, 15) is 9.59 Å². The lowest BCUT2D eigenvalue weighted by Gasteiger charge is -2.02. The molecule has 1 aliphatic heterocycles. The molecule has 82 valence electrons. The van der Waals surface area contributed by atoms with Crippen molar-refractivity contribution in [1.82, 2.24) is 0 Å². The number of anilines is 1. The molecule has 16 heavy (non-hydrogen) atoms. The van der Waals surface area contributed by atoms with Crippen LogP contribution in [0.4, 0.5) is 5.69 Å². The van der Waals surface area contributed by atoms with Gasteiger partial charge in [-0.2, -0.15) is 0 Å². The molecule has 1 amide bonds. The smallest absolute Gasteiger partial charge is 0.228 e. The molecule has 0 spiro atoms. The van der Waals surface area contributed by atoms with Gasteiger partial charge in [0.1, 0.15) is 0 Å². The van der Waals surface area contributed by atoms with E-state index < -0.39 is 0 Å². The second-order valence-electron chi connectivity index (χ2n) is 4.67. The van der Waals surface area contributed by atoms with Crippen LogP contribution >= 0.6 is 0 Å². The van der Waals surface area contributed by atoms with Crippen molar-refractivity contribution < 1.29 is 9.59 Å². The van der Waals surface area contributed by atoms with Crippen LogP contribution in [0.25, 0.3) is 0 Å². The van der Waals surface area contributed by atoms with Crippen molar-refractivity contribution in [2.24, 2.45) is 5.92 Å². The Kier molecular flexibility index (Phi) is 2.06. The van der Waals surface area contributed by atoms with Crippen molar-refractivity contribution in [2.75, 3.05) is 5.32 Å². The number of nitrogens with one attached hydrogen (secondary N) is 1. The number of ketones is 1. The highest BCUT2D eigenvalue weighted by Crippen LogP contribution is 2.34. The Labute approximate surface area is 93.8 Å². The Bertz CT molecular complexity index is 475. The van der Waals surface area contributed by atoms with Gasteiger partial charge in [-0.3, -0.25) is 9.59 Å². The largest absolute Gasteiger partial charge is 0.326 e. The number of carbonyl (C=O) groups excluding carboxylic acids is 2. The van der Waals surface area contributed by atoms with E-state index in [2.05, 4.69) is 5.32 Å². The van der Waals surface area contributed by atoms with Crippen molar-refractivity contribution in [3.63, 3.8) is 0 Å². The van der Waals surface area contributed by atoms with Gasteiger partial charge in [-0.1, -0.05) is 0 Å². The number of carbonyl (C=O) groups is 2. The molecule has 0 radical (unpaired) electrons. The number of Topliss-reactive ketones (excluding diaryl/α,β-unsaturated/α-hetero) is 1. The predicted molar refractivity (Wildman–Crippen MR) is 60.4 cm³/mol. The molecule has 3 nitrogen and oxygen atoms in total. The van der Waals surface area contributed by atoms with E-state index in [0.29, 0.717) is 18.8 Å². The molecule has 1 N–H and O–H groups in total. The summed E-state index contributed by atoms with van der Waals surface area (Å²) in [5.74, 6) is 0.840. The fraction of sp³-hybridized carbons (Fsp3) is 0.385. The maximum absolute atomic E-state index is 11.9. The summed E-state index contributed by atoms with van der Waals surface area (Å²) in [5.41, 5.74) is 2.56. The van der Waals surface area contributed by atoms with Crippen LogP contribution in [0.15, 0.2) is 18.2 Å². The molecule has 1 aliphatic carbocycles. The highest BCUT2D eigenvalue weighted by molar-refractivity contribution is 6.02. The Balaban J connectivity index is 1.83. The summed E-state index contributed by atoms with van der Waals surface area (Å²) in [4.78, 5) is 23.0. The highest BCUT2D eigenvalue weighted by atomic mass is 16.1. The highest BCUT2D eigenvalue weighted by Gasteiger charge is 2.26. The lowest BCUT2D eigenvalue weighted by atomic mass is 10.0. The van der Waals surface area contributed by atoms with Gasteiger partial charge in [0.15, 0.2) is 5.78 Å². The molecule has 3 rings (SSSR count). The topological polar surface area (TPSA) is 46.2 Å². The summed E-state index contributed by atoms with van der Waals surface area (Å²) in [7, 11) is 0. The Morgan fingerprint density at radius 1 is 1.38 bits per heavy atom. The summed E-state index contributed by atoms with van der Waals surface area (Å²) in [6.07, 6.45) is 3.45. The van der Waals surface area contributed by atoms with Crippen LogP contribution in [0.1, 0.15) is 35.2 Å². The van der Waals surface area contributed by atoms with Crippen LogP contribution in [0.3, 0.4) is 0 Å². The van der Waals surface area contributed by atoms with Gasteiger partial charge in [-0.25, -0.2) is 0 Å². The second-order valence-corrected chi connectivity index (χ2v) is 4.67. The fourth-order valence-corrected chi connectivity index (χ4v) is 2.10. The molecule has 3 heteroatoms. The average Bonchev–Trinajstić information content (AvgIpc) is 2.96. The number of benzene rings is 1. The lowest BCUT2D eigenvalue weighted by Crippen LogP contribution is -2.03. The molecule has 0 bridgehead atoms. The first kappa shape index (κ1) is 9.58. The number of fused-ring (bicyclic) bond motifs is 1.